The summed E-state index contributed by atoms with van der Waals surface area (Å²) in [5.41, 5.74) is 2.14. The normalized spacial score (nSPS) is 27.1. The van der Waals surface area contributed by atoms with Crippen LogP contribution in [-0.4, -0.2) is 40.3 Å². The van der Waals surface area contributed by atoms with E-state index in [1.807, 2.05) is 16.8 Å². The number of pyridine rings is 1. The van der Waals surface area contributed by atoms with Gasteiger partial charge in [0.2, 0.25) is 5.95 Å². The van der Waals surface area contributed by atoms with Crippen LogP contribution in [0.1, 0.15) is 12.0 Å². The average Bonchev–Trinajstić information content (AvgIpc) is 3.00. The monoisotopic (exact) mass is 243 g/mol. The Bertz CT molecular complexity index is 590. The van der Waals surface area contributed by atoms with Crippen molar-refractivity contribution < 1.29 is 0 Å². The van der Waals surface area contributed by atoms with Crippen molar-refractivity contribution in [1.29, 1.82) is 0 Å². The van der Waals surface area contributed by atoms with Crippen LogP contribution in [-0.2, 0) is 0 Å². The van der Waals surface area contributed by atoms with Crippen molar-refractivity contribution in [1.82, 2.24) is 19.9 Å². The van der Waals surface area contributed by atoms with E-state index in [0.717, 1.165) is 37.1 Å². The molecule has 0 radical (unpaired) electrons. The Balaban J connectivity index is 1.74. The van der Waals surface area contributed by atoms with E-state index in [1.165, 1.54) is 12.0 Å². The fourth-order valence-corrected chi connectivity index (χ4v) is 3.19. The fraction of sp³-hybridized carbons (Fsp3) is 0.538. The second kappa shape index (κ2) is 3.68. The summed E-state index contributed by atoms with van der Waals surface area (Å²) in [6.45, 7) is 5.38. The Labute approximate surface area is 106 Å². The molecule has 0 spiro atoms. The number of fused-ring (bicyclic) bond motifs is 2. The third-order valence-corrected chi connectivity index (χ3v) is 4.17. The van der Waals surface area contributed by atoms with Crippen molar-refractivity contribution in [3.63, 3.8) is 0 Å². The highest BCUT2D eigenvalue weighted by Gasteiger charge is 2.39. The zero-order chi connectivity index (χ0) is 12.1. The number of aromatic nitrogens is 3. The molecule has 0 aliphatic carbocycles. The molecule has 5 nitrogen and oxygen atoms in total. The van der Waals surface area contributed by atoms with Gasteiger partial charge in [0, 0.05) is 31.9 Å². The molecule has 2 aliphatic rings. The zero-order valence-corrected chi connectivity index (χ0v) is 10.5. The third kappa shape index (κ3) is 1.43. The van der Waals surface area contributed by atoms with E-state index in [1.54, 1.807) is 0 Å². The van der Waals surface area contributed by atoms with Crippen LogP contribution in [0.25, 0.3) is 5.65 Å². The fourth-order valence-electron chi connectivity index (χ4n) is 3.19. The molecule has 4 heterocycles. The first kappa shape index (κ1) is 10.3. The van der Waals surface area contributed by atoms with Crippen LogP contribution in [0.15, 0.2) is 18.3 Å². The number of hydrogen-bond acceptors (Lipinski definition) is 4. The molecule has 0 unspecified atom stereocenters. The van der Waals surface area contributed by atoms with Gasteiger partial charge in [0.05, 0.1) is 0 Å². The topological polar surface area (TPSA) is 45.5 Å². The lowest BCUT2D eigenvalue weighted by atomic mass is 10.1. The van der Waals surface area contributed by atoms with Crippen LogP contribution in [0.4, 0.5) is 5.95 Å². The minimum absolute atomic E-state index is 0.587. The highest BCUT2D eigenvalue weighted by atomic mass is 15.4. The van der Waals surface area contributed by atoms with Crippen LogP contribution in [0, 0.1) is 12.8 Å². The minimum Gasteiger partial charge on any atom is -0.335 e. The van der Waals surface area contributed by atoms with Gasteiger partial charge in [-0.25, -0.2) is 4.52 Å². The molecule has 0 amide bonds. The maximum absolute atomic E-state index is 4.65. The van der Waals surface area contributed by atoms with Crippen LogP contribution in [0.5, 0.6) is 0 Å². The molecule has 94 valence electrons. The first-order chi connectivity index (χ1) is 8.81. The van der Waals surface area contributed by atoms with Crippen molar-refractivity contribution in [2.75, 3.05) is 24.5 Å². The van der Waals surface area contributed by atoms with Crippen LogP contribution < -0.4 is 10.2 Å². The number of anilines is 1. The van der Waals surface area contributed by atoms with Gasteiger partial charge >= 0.3 is 0 Å². The van der Waals surface area contributed by atoms with Crippen LogP contribution >= 0.6 is 0 Å². The largest absolute Gasteiger partial charge is 0.335 e. The van der Waals surface area contributed by atoms with Gasteiger partial charge in [-0.15, -0.1) is 5.10 Å². The molecule has 2 aromatic rings. The van der Waals surface area contributed by atoms with Crippen molar-refractivity contribution in [3.05, 3.63) is 23.9 Å². The summed E-state index contributed by atoms with van der Waals surface area (Å²) in [7, 11) is 0. The zero-order valence-electron chi connectivity index (χ0n) is 10.5. The number of hydrogen-bond donors (Lipinski definition) is 1. The molecule has 4 rings (SSSR count). The Morgan fingerprint density at radius 2 is 2.28 bits per heavy atom. The number of nitrogens with one attached hydrogen (secondary N) is 1. The standard InChI is InChI=1S/C13H17N5/c1-9-2-3-12-15-13(16-18(12)8-9)17-5-4-10-6-14-7-11(10)17/h2-3,8,10-11,14H,4-7H2,1H3/t10-,11+/m0/s1. The molecule has 2 aliphatic heterocycles. The van der Waals surface area contributed by atoms with Gasteiger partial charge in [0.15, 0.2) is 5.65 Å². The second-order valence-corrected chi connectivity index (χ2v) is 5.39. The number of rotatable bonds is 1. The molecular weight excluding hydrogens is 226 g/mol. The summed E-state index contributed by atoms with van der Waals surface area (Å²) in [4.78, 5) is 7.01. The molecular formula is C13H17N5. The van der Waals surface area contributed by atoms with E-state index < -0.39 is 0 Å². The van der Waals surface area contributed by atoms with E-state index in [2.05, 4.69) is 33.3 Å². The summed E-state index contributed by atoms with van der Waals surface area (Å²) >= 11 is 0. The number of aryl methyl sites for hydroxylation is 1. The van der Waals surface area contributed by atoms with Crippen molar-refractivity contribution >= 4 is 11.6 Å². The smallest absolute Gasteiger partial charge is 0.245 e. The molecule has 2 atom stereocenters. The molecule has 0 saturated carbocycles. The van der Waals surface area contributed by atoms with Gasteiger partial charge in [-0.1, -0.05) is 6.07 Å². The van der Waals surface area contributed by atoms with Crippen molar-refractivity contribution in [3.8, 4) is 0 Å². The SMILES string of the molecule is Cc1ccc2nc(N3CC[C@H]4CNC[C@H]43)nn2c1. The Morgan fingerprint density at radius 1 is 1.33 bits per heavy atom. The lowest BCUT2D eigenvalue weighted by Crippen LogP contribution is -2.34. The van der Waals surface area contributed by atoms with E-state index in [-0.39, 0.29) is 0 Å². The minimum atomic E-state index is 0.587. The van der Waals surface area contributed by atoms with Gasteiger partial charge < -0.3 is 10.2 Å². The predicted molar refractivity (Wildman–Crippen MR) is 69.8 cm³/mol. The quantitative estimate of drug-likeness (QED) is 0.806. The van der Waals surface area contributed by atoms with E-state index in [9.17, 15) is 0 Å². The number of nitrogens with zero attached hydrogens (tertiary/aromatic N) is 4. The van der Waals surface area contributed by atoms with Crippen LogP contribution in [0.2, 0.25) is 0 Å². The molecule has 0 bridgehead atoms. The maximum Gasteiger partial charge on any atom is 0.245 e. The molecule has 1 N–H and O–H groups in total. The molecule has 2 saturated heterocycles. The van der Waals surface area contributed by atoms with Gasteiger partial charge in [0.1, 0.15) is 0 Å². The summed E-state index contributed by atoms with van der Waals surface area (Å²) in [6, 6.07) is 4.70. The summed E-state index contributed by atoms with van der Waals surface area (Å²) in [5.74, 6) is 1.66. The van der Waals surface area contributed by atoms with Gasteiger partial charge in [-0.2, -0.15) is 4.98 Å². The highest BCUT2D eigenvalue weighted by molar-refractivity contribution is 5.47. The molecule has 2 fully saturated rings. The summed E-state index contributed by atoms with van der Waals surface area (Å²) < 4.78 is 1.89. The second-order valence-electron chi connectivity index (χ2n) is 5.39. The summed E-state index contributed by atoms with van der Waals surface area (Å²) in [6.07, 6.45) is 3.29. The van der Waals surface area contributed by atoms with Crippen molar-refractivity contribution in [2.45, 2.75) is 19.4 Å². The molecule has 5 heteroatoms. The van der Waals surface area contributed by atoms with E-state index in [0.29, 0.717) is 6.04 Å². The average molecular weight is 243 g/mol. The van der Waals surface area contributed by atoms with Crippen molar-refractivity contribution in [2.24, 2.45) is 5.92 Å². The first-order valence-electron chi connectivity index (χ1n) is 6.62. The molecule has 0 aromatic carbocycles. The van der Waals surface area contributed by atoms with E-state index >= 15 is 0 Å². The van der Waals surface area contributed by atoms with Crippen LogP contribution in [0.3, 0.4) is 0 Å². The highest BCUT2D eigenvalue weighted by Crippen LogP contribution is 2.30. The summed E-state index contributed by atoms with van der Waals surface area (Å²) in [5, 5.41) is 8.08. The Hall–Kier alpha value is -1.62. The molecule has 2 aromatic heterocycles. The van der Waals surface area contributed by atoms with Gasteiger partial charge in [-0.05, 0) is 30.9 Å². The Morgan fingerprint density at radius 3 is 3.22 bits per heavy atom. The Kier molecular flexibility index (Phi) is 2.11. The lowest BCUT2D eigenvalue weighted by molar-refractivity contribution is 0.576. The predicted octanol–water partition coefficient (Wildman–Crippen LogP) is 0.836. The first-order valence-corrected chi connectivity index (χ1v) is 6.62. The van der Waals surface area contributed by atoms with Gasteiger partial charge in [-0.3, -0.25) is 0 Å². The maximum atomic E-state index is 4.65. The van der Waals surface area contributed by atoms with Gasteiger partial charge in [0.25, 0.3) is 0 Å². The third-order valence-electron chi connectivity index (χ3n) is 4.17. The molecule has 18 heavy (non-hydrogen) atoms. The van der Waals surface area contributed by atoms with E-state index in [4.69, 9.17) is 0 Å². The lowest BCUT2D eigenvalue weighted by Gasteiger charge is -2.21.